The molecule has 0 spiro atoms. The van der Waals surface area contributed by atoms with Crippen LogP contribution in [0, 0.1) is 6.92 Å². The van der Waals surface area contributed by atoms with Gasteiger partial charge in [0, 0.05) is 29.5 Å². The van der Waals surface area contributed by atoms with E-state index in [1.54, 1.807) is 19.4 Å². The molecule has 0 aliphatic heterocycles. The van der Waals surface area contributed by atoms with E-state index in [9.17, 15) is 4.79 Å². The lowest BCUT2D eigenvalue weighted by molar-refractivity contribution is 0.0690. The molecule has 8 nitrogen and oxygen atoms in total. The Bertz CT molecular complexity index is 1170. The molecule has 0 fully saturated rings. The first-order valence-electron chi connectivity index (χ1n) is 8.50. The average molecular weight is 375 g/mol. The Morgan fingerprint density at radius 1 is 1.14 bits per heavy atom. The van der Waals surface area contributed by atoms with E-state index in [0.29, 0.717) is 17.3 Å². The van der Waals surface area contributed by atoms with E-state index in [0.717, 1.165) is 22.4 Å². The minimum absolute atomic E-state index is 0.00862. The van der Waals surface area contributed by atoms with Gasteiger partial charge in [-0.3, -0.25) is 4.57 Å². The summed E-state index contributed by atoms with van der Waals surface area (Å²) in [6, 6.07) is 10.8. The molecule has 4 rings (SSSR count). The molecule has 0 aliphatic carbocycles. The molecule has 0 aliphatic rings. The fraction of sp³-hybridized carbons (Fsp3) is 0.100. The summed E-state index contributed by atoms with van der Waals surface area (Å²) < 4.78 is 7.11. The molecule has 0 saturated heterocycles. The number of aryl methyl sites for hydroxylation is 1. The molecule has 0 saturated carbocycles. The Kier molecular flexibility index (Phi) is 4.36. The van der Waals surface area contributed by atoms with Crippen LogP contribution in [0.25, 0.3) is 16.7 Å². The highest BCUT2D eigenvalue weighted by molar-refractivity contribution is 5.85. The summed E-state index contributed by atoms with van der Waals surface area (Å²) in [5.74, 6) is 0.118. The van der Waals surface area contributed by atoms with Gasteiger partial charge in [0.1, 0.15) is 17.1 Å². The van der Waals surface area contributed by atoms with Gasteiger partial charge in [-0.2, -0.15) is 4.98 Å². The van der Waals surface area contributed by atoms with Crippen LogP contribution < -0.4 is 10.1 Å². The molecule has 0 atom stereocenters. The number of rotatable bonds is 5. The number of methoxy groups -OCH3 is 1. The highest BCUT2D eigenvalue weighted by Crippen LogP contribution is 2.25. The summed E-state index contributed by atoms with van der Waals surface area (Å²) in [6.07, 6.45) is 5.08. The summed E-state index contributed by atoms with van der Waals surface area (Å²) in [4.78, 5) is 24.0. The predicted octanol–water partition coefficient (Wildman–Crippen LogP) is 3.57. The minimum Gasteiger partial charge on any atom is -0.497 e. The van der Waals surface area contributed by atoms with Crippen molar-refractivity contribution >= 4 is 28.6 Å². The molecule has 0 amide bonds. The predicted molar refractivity (Wildman–Crippen MR) is 105 cm³/mol. The molecule has 0 unspecified atom stereocenters. The summed E-state index contributed by atoms with van der Waals surface area (Å²) >= 11 is 0. The summed E-state index contributed by atoms with van der Waals surface area (Å²) in [7, 11) is 1.62. The zero-order valence-electron chi connectivity index (χ0n) is 15.2. The number of ether oxygens (including phenoxy) is 1. The number of carboxylic acids is 1. The van der Waals surface area contributed by atoms with Gasteiger partial charge in [0.25, 0.3) is 0 Å². The highest BCUT2D eigenvalue weighted by atomic mass is 16.5. The number of hydrogen-bond donors (Lipinski definition) is 2. The van der Waals surface area contributed by atoms with E-state index in [1.807, 2.05) is 42.0 Å². The molecular formula is C20H17N5O3. The fourth-order valence-corrected chi connectivity index (χ4v) is 2.82. The zero-order valence-corrected chi connectivity index (χ0v) is 15.2. The molecule has 0 bridgehead atoms. The number of nitrogens with one attached hydrogen (secondary N) is 1. The fourth-order valence-electron chi connectivity index (χ4n) is 2.82. The third-order valence-corrected chi connectivity index (χ3v) is 4.36. The van der Waals surface area contributed by atoms with E-state index in [4.69, 9.17) is 9.84 Å². The molecule has 4 aromatic rings. The Labute approximate surface area is 160 Å². The van der Waals surface area contributed by atoms with Crippen molar-refractivity contribution in [3.05, 3.63) is 66.2 Å². The second kappa shape index (κ2) is 6.99. The van der Waals surface area contributed by atoms with Crippen LogP contribution in [0.5, 0.6) is 5.75 Å². The lowest BCUT2D eigenvalue weighted by Crippen LogP contribution is -2.03. The zero-order chi connectivity index (χ0) is 19.7. The number of aromatic nitrogens is 4. The van der Waals surface area contributed by atoms with Crippen molar-refractivity contribution in [2.75, 3.05) is 12.4 Å². The lowest BCUT2D eigenvalue weighted by Gasteiger charge is -2.11. The van der Waals surface area contributed by atoms with Crippen molar-refractivity contribution in [1.29, 1.82) is 0 Å². The van der Waals surface area contributed by atoms with Gasteiger partial charge in [0.05, 0.1) is 19.0 Å². The first kappa shape index (κ1) is 17.5. The van der Waals surface area contributed by atoms with Gasteiger partial charge in [-0.15, -0.1) is 0 Å². The van der Waals surface area contributed by atoms with Crippen LogP contribution in [0.2, 0.25) is 0 Å². The van der Waals surface area contributed by atoms with Crippen molar-refractivity contribution < 1.29 is 14.6 Å². The van der Waals surface area contributed by atoms with E-state index < -0.39 is 5.97 Å². The van der Waals surface area contributed by atoms with E-state index >= 15 is 0 Å². The number of pyridine rings is 1. The summed E-state index contributed by atoms with van der Waals surface area (Å²) in [5, 5.41) is 13.1. The number of nitrogens with zero attached hydrogens (tertiary/aromatic N) is 4. The van der Waals surface area contributed by atoms with E-state index in [1.165, 1.54) is 12.3 Å². The molecule has 3 aromatic heterocycles. The molecular weight excluding hydrogens is 358 g/mol. The van der Waals surface area contributed by atoms with Crippen LogP contribution in [0.15, 0.2) is 55.0 Å². The third kappa shape index (κ3) is 3.23. The molecule has 2 N–H and O–H groups in total. The first-order chi connectivity index (χ1) is 13.5. The van der Waals surface area contributed by atoms with Crippen molar-refractivity contribution in [2.45, 2.75) is 6.92 Å². The van der Waals surface area contributed by atoms with Gasteiger partial charge < -0.3 is 15.2 Å². The Morgan fingerprint density at radius 2 is 2.00 bits per heavy atom. The standard InChI is InChI=1S/C20H17N5O3/c1-12-3-5-15(28-2)9-17(12)23-20-22-10-13-7-8-25(18(13)24-20)14-4-6-16(19(26)27)21-11-14/h3-11H,1-2H3,(H,26,27)(H,22,23,24). The smallest absolute Gasteiger partial charge is 0.354 e. The van der Waals surface area contributed by atoms with Crippen LogP contribution >= 0.6 is 0 Å². The lowest BCUT2D eigenvalue weighted by atomic mass is 10.2. The van der Waals surface area contributed by atoms with Gasteiger partial charge >= 0.3 is 5.97 Å². The normalized spacial score (nSPS) is 10.8. The molecule has 28 heavy (non-hydrogen) atoms. The van der Waals surface area contributed by atoms with Gasteiger partial charge in [-0.25, -0.2) is 14.8 Å². The Hall–Kier alpha value is -3.94. The Morgan fingerprint density at radius 3 is 2.71 bits per heavy atom. The molecule has 140 valence electrons. The second-order valence-electron chi connectivity index (χ2n) is 6.17. The van der Waals surface area contributed by atoms with Crippen LogP contribution in [-0.4, -0.2) is 37.7 Å². The highest BCUT2D eigenvalue weighted by Gasteiger charge is 2.10. The number of fused-ring (bicyclic) bond motifs is 1. The maximum absolute atomic E-state index is 11.0. The quantitative estimate of drug-likeness (QED) is 0.550. The summed E-state index contributed by atoms with van der Waals surface area (Å²) in [6.45, 7) is 1.98. The van der Waals surface area contributed by atoms with Crippen LogP contribution in [-0.2, 0) is 0 Å². The topological polar surface area (TPSA) is 102 Å². The van der Waals surface area contributed by atoms with Crippen molar-refractivity contribution in [3.8, 4) is 11.4 Å². The van der Waals surface area contributed by atoms with Crippen molar-refractivity contribution in [1.82, 2.24) is 19.5 Å². The van der Waals surface area contributed by atoms with Gasteiger partial charge in [-0.1, -0.05) is 6.07 Å². The van der Waals surface area contributed by atoms with Crippen LogP contribution in [0.4, 0.5) is 11.6 Å². The van der Waals surface area contributed by atoms with Gasteiger partial charge in [-0.05, 0) is 36.8 Å². The largest absolute Gasteiger partial charge is 0.497 e. The average Bonchev–Trinajstić information content (AvgIpc) is 3.13. The third-order valence-electron chi connectivity index (χ3n) is 4.36. The van der Waals surface area contributed by atoms with Crippen molar-refractivity contribution in [3.63, 3.8) is 0 Å². The number of aromatic carboxylic acids is 1. The number of carboxylic acid groups (broad SMARTS) is 1. The molecule has 8 heteroatoms. The maximum atomic E-state index is 11.0. The van der Waals surface area contributed by atoms with Gasteiger partial charge in [0.15, 0.2) is 0 Å². The van der Waals surface area contributed by atoms with E-state index in [-0.39, 0.29) is 5.69 Å². The monoisotopic (exact) mass is 375 g/mol. The second-order valence-corrected chi connectivity index (χ2v) is 6.17. The van der Waals surface area contributed by atoms with Crippen molar-refractivity contribution in [2.24, 2.45) is 0 Å². The molecule has 3 heterocycles. The Balaban J connectivity index is 1.71. The number of hydrogen-bond acceptors (Lipinski definition) is 6. The first-order valence-corrected chi connectivity index (χ1v) is 8.50. The minimum atomic E-state index is -1.06. The number of benzene rings is 1. The van der Waals surface area contributed by atoms with E-state index in [2.05, 4.69) is 20.3 Å². The summed E-state index contributed by atoms with van der Waals surface area (Å²) in [5.41, 5.74) is 3.27. The SMILES string of the molecule is COc1ccc(C)c(Nc2ncc3ccn(-c4ccc(C(=O)O)nc4)c3n2)c1. The molecule has 0 radical (unpaired) electrons. The van der Waals surface area contributed by atoms with Crippen LogP contribution in [0.3, 0.4) is 0 Å². The number of carbonyl (C=O) groups is 1. The van der Waals surface area contributed by atoms with Crippen LogP contribution in [0.1, 0.15) is 16.1 Å². The maximum Gasteiger partial charge on any atom is 0.354 e. The molecule has 1 aromatic carbocycles. The number of anilines is 2. The van der Waals surface area contributed by atoms with Gasteiger partial charge in [0.2, 0.25) is 5.95 Å².